The van der Waals surface area contributed by atoms with Gasteiger partial charge in [0.25, 0.3) is 5.91 Å². The van der Waals surface area contributed by atoms with E-state index in [1.165, 1.54) is 24.1 Å². The van der Waals surface area contributed by atoms with Crippen molar-refractivity contribution >= 4 is 22.9 Å². The zero-order valence-electron chi connectivity index (χ0n) is 22.8. The molecule has 1 saturated heterocycles. The van der Waals surface area contributed by atoms with Crippen molar-refractivity contribution in [3.05, 3.63) is 41.4 Å². The van der Waals surface area contributed by atoms with Gasteiger partial charge in [-0.2, -0.15) is 13.2 Å². The van der Waals surface area contributed by atoms with Crippen LogP contribution in [-0.2, 0) is 10.9 Å². The van der Waals surface area contributed by atoms with Gasteiger partial charge in [0.15, 0.2) is 11.5 Å². The zero-order chi connectivity index (χ0) is 29.4. The number of likely N-dealkylation sites (tertiary alicyclic amines) is 1. The lowest BCUT2D eigenvalue weighted by atomic mass is 10.1. The Labute approximate surface area is 228 Å². The van der Waals surface area contributed by atoms with Gasteiger partial charge in [0.1, 0.15) is 22.6 Å². The summed E-state index contributed by atoms with van der Waals surface area (Å²) in [6.45, 7) is 6.86. The number of hydrogen-bond acceptors (Lipinski definition) is 8. The number of carbonyl (C=O) groups excluding carboxylic acids is 2. The Morgan fingerprint density at radius 2 is 1.93 bits per heavy atom. The summed E-state index contributed by atoms with van der Waals surface area (Å²) in [7, 11) is 1.31. The lowest BCUT2D eigenvalue weighted by Crippen LogP contribution is -2.39. The van der Waals surface area contributed by atoms with Crippen LogP contribution < -0.4 is 10.1 Å². The molecule has 2 aromatic heterocycles. The molecule has 40 heavy (non-hydrogen) atoms. The number of fused-ring (bicyclic) bond motifs is 1. The maximum Gasteiger partial charge on any atom is 0.433 e. The number of ether oxygens (including phenoxy) is 2. The van der Waals surface area contributed by atoms with Crippen LogP contribution in [0, 0.1) is 0 Å². The predicted octanol–water partition coefficient (Wildman–Crippen LogP) is 5.10. The van der Waals surface area contributed by atoms with E-state index in [0.717, 1.165) is 6.07 Å². The molecule has 2 amide bonds. The largest absolute Gasteiger partial charge is 0.494 e. The van der Waals surface area contributed by atoms with Gasteiger partial charge in [-0.1, -0.05) is 0 Å². The van der Waals surface area contributed by atoms with Gasteiger partial charge in [0.2, 0.25) is 5.89 Å². The number of aliphatic hydroxyl groups excluding tert-OH is 1. The third kappa shape index (κ3) is 5.98. The predicted molar refractivity (Wildman–Crippen MR) is 138 cm³/mol. The third-order valence-corrected chi connectivity index (χ3v) is 6.39. The number of benzene rings is 1. The molecule has 3 heterocycles. The topological polar surface area (TPSA) is 127 Å². The molecule has 2 atom stereocenters. The Balaban J connectivity index is 1.83. The number of alkyl halides is 3. The summed E-state index contributed by atoms with van der Waals surface area (Å²) in [5.74, 6) is -0.436. The van der Waals surface area contributed by atoms with Gasteiger partial charge < -0.3 is 29.2 Å². The number of amides is 2. The first-order valence-electron chi connectivity index (χ1n) is 12.7. The number of nitrogens with one attached hydrogen (secondary N) is 1. The molecule has 0 aliphatic carbocycles. The molecule has 1 aromatic carbocycles. The molecular formula is C27H31F3N4O6. The number of aliphatic hydroxyl groups is 1. The van der Waals surface area contributed by atoms with Gasteiger partial charge in [0.05, 0.1) is 25.8 Å². The van der Waals surface area contributed by atoms with Crippen LogP contribution in [0.2, 0.25) is 0 Å². The summed E-state index contributed by atoms with van der Waals surface area (Å²) in [4.78, 5) is 35.8. The molecule has 0 unspecified atom stereocenters. The molecule has 1 fully saturated rings. The average Bonchev–Trinajstić information content (AvgIpc) is 3.53. The monoisotopic (exact) mass is 564 g/mol. The first-order valence-corrected chi connectivity index (χ1v) is 12.7. The Morgan fingerprint density at radius 3 is 2.55 bits per heavy atom. The number of pyridine rings is 1. The summed E-state index contributed by atoms with van der Waals surface area (Å²) < 4.78 is 56.8. The fraction of sp³-hybridized carbons (Fsp3) is 0.481. The van der Waals surface area contributed by atoms with Crippen molar-refractivity contribution in [2.45, 2.75) is 64.4 Å². The van der Waals surface area contributed by atoms with Crippen LogP contribution in [0.1, 0.15) is 68.5 Å². The summed E-state index contributed by atoms with van der Waals surface area (Å²) in [6.07, 6.45) is -4.11. The number of halogens is 3. The molecule has 216 valence electrons. The number of oxazole rings is 1. The Kier molecular flexibility index (Phi) is 7.97. The van der Waals surface area contributed by atoms with Crippen LogP contribution in [0.5, 0.6) is 5.75 Å². The number of hydrogen-bond donors (Lipinski definition) is 2. The minimum absolute atomic E-state index is 0.0262. The van der Waals surface area contributed by atoms with Crippen LogP contribution >= 0.6 is 0 Å². The maximum absolute atomic E-state index is 13.6. The molecular weight excluding hydrogens is 533 g/mol. The Hall–Kier alpha value is -3.87. The van der Waals surface area contributed by atoms with Crippen molar-refractivity contribution in [2.75, 3.05) is 20.3 Å². The molecule has 1 aliphatic rings. The minimum atomic E-state index is -4.67. The molecule has 13 heteroatoms. The van der Waals surface area contributed by atoms with Crippen molar-refractivity contribution in [1.82, 2.24) is 20.2 Å². The SMILES string of the molecule is COc1ccc(-c2nc(C(=O)N3CCC[C@@H]3CO)c([C@@H](C)NC(=O)OC(C)(C)C)o2)c2ccc(C(F)(F)F)nc12. The summed E-state index contributed by atoms with van der Waals surface area (Å²) in [5, 5.41) is 12.6. The van der Waals surface area contributed by atoms with E-state index in [2.05, 4.69) is 15.3 Å². The minimum Gasteiger partial charge on any atom is -0.494 e. The lowest BCUT2D eigenvalue weighted by molar-refractivity contribution is -0.140. The highest BCUT2D eigenvalue weighted by atomic mass is 19.4. The van der Waals surface area contributed by atoms with Crippen molar-refractivity contribution in [1.29, 1.82) is 0 Å². The van der Waals surface area contributed by atoms with Gasteiger partial charge in [-0.25, -0.2) is 14.8 Å². The van der Waals surface area contributed by atoms with Crippen LogP contribution in [0.4, 0.5) is 18.0 Å². The first kappa shape index (κ1) is 29.1. The second-order valence-electron chi connectivity index (χ2n) is 10.5. The van der Waals surface area contributed by atoms with Gasteiger partial charge >= 0.3 is 12.3 Å². The van der Waals surface area contributed by atoms with E-state index < -0.39 is 41.6 Å². The molecule has 2 N–H and O–H groups in total. The highest BCUT2D eigenvalue weighted by Gasteiger charge is 2.36. The number of carbonyl (C=O) groups is 2. The van der Waals surface area contributed by atoms with Crippen LogP contribution in [-0.4, -0.2) is 63.9 Å². The molecule has 0 saturated carbocycles. The fourth-order valence-electron chi connectivity index (χ4n) is 4.57. The molecule has 0 radical (unpaired) electrons. The maximum atomic E-state index is 13.6. The zero-order valence-corrected chi connectivity index (χ0v) is 22.8. The standard InChI is InChI=1S/C27H31F3N4O6/c1-14(31-25(37)40-26(2,3)4)22-21(24(36)34-12-6-7-15(34)13-35)33-23(39-22)17-8-10-18(38-5)20-16(17)9-11-19(32-20)27(28,29)30/h8-11,14-15,35H,6-7,12-13H2,1-5H3,(H,31,37)/t14-,15-/m1/s1. The van der Waals surface area contributed by atoms with E-state index in [0.29, 0.717) is 19.4 Å². The van der Waals surface area contributed by atoms with E-state index in [1.54, 1.807) is 33.8 Å². The highest BCUT2D eigenvalue weighted by molar-refractivity contribution is 5.98. The van der Waals surface area contributed by atoms with Gasteiger partial charge in [-0.05, 0) is 64.8 Å². The van der Waals surface area contributed by atoms with E-state index in [-0.39, 0.29) is 46.2 Å². The molecule has 0 bridgehead atoms. The Bertz CT molecular complexity index is 1420. The summed E-state index contributed by atoms with van der Waals surface area (Å²) in [6, 6.07) is 3.77. The first-order chi connectivity index (χ1) is 18.7. The third-order valence-electron chi connectivity index (χ3n) is 6.39. The molecule has 10 nitrogen and oxygen atoms in total. The number of nitrogens with zero attached hydrogens (tertiary/aromatic N) is 3. The lowest BCUT2D eigenvalue weighted by Gasteiger charge is -2.23. The molecule has 1 aliphatic heterocycles. The number of rotatable bonds is 6. The number of aromatic nitrogens is 2. The van der Waals surface area contributed by atoms with Gasteiger partial charge in [-0.15, -0.1) is 0 Å². The van der Waals surface area contributed by atoms with Crippen LogP contribution in [0.25, 0.3) is 22.4 Å². The van der Waals surface area contributed by atoms with E-state index >= 15 is 0 Å². The fourth-order valence-corrected chi connectivity index (χ4v) is 4.57. The quantitative estimate of drug-likeness (QED) is 0.424. The highest BCUT2D eigenvalue weighted by Crippen LogP contribution is 2.38. The normalized spacial score (nSPS) is 16.7. The second-order valence-corrected chi connectivity index (χ2v) is 10.5. The second kappa shape index (κ2) is 11.0. The number of methoxy groups -OCH3 is 1. The van der Waals surface area contributed by atoms with Crippen molar-refractivity contribution in [3.63, 3.8) is 0 Å². The Morgan fingerprint density at radius 1 is 1.20 bits per heavy atom. The van der Waals surface area contributed by atoms with E-state index in [1.807, 2.05) is 0 Å². The van der Waals surface area contributed by atoms with Gasteiger partial charge in [-0.3, -0.25) is 4.79 Å². The average molecular weight is 565 g/mol. The van der Waals surface area contributed by atoms with Crippen LogP contribution in [0.15, 0.2) is 28.7 Å². The van der Waals surface area contributed by atoms with E-state index in [9.17, 15) is 27.9 Å². The molecule has 3 aromatic rings. The van der Waals surface area contributed by atoms with Crippen molar-refractivity contribution in [3.8, 4) is 17.2 Å². The molecule has 4 rings (SSSR count). The van der Waals surface area contributed by atoms with Crippen LogP contribution in [0.3, 0.4) is 0 Å². The van der Waals surface area contributed by atoms with Crippen molar-refractivity contribution < 1.29 is 41.8 Å². The number of alkyl carbamates (subject to hydrolysis) is 1. The molecule has 0 spiro atoms. The van der Waals surface area contributed by atoms with Crippen molar-refractivity contribution in [2.24, 2.45) is 0 Å². The summed E-state index contributed by atoms with van der Waals surface area (Å²) in [5.41, 5.74) is -1.77. The van der Waals surface area contributed by atoms with E-state index in [4.69, 9.17) is 13.9 Å². The smallest absolute Gasteiger partial charge is 0.433 e. The van der Waals surface area contributed by atoms with Gasteiger partial charge in [0, 0.05) is 17.5 Å². The summed E-state index contributed by atoms with van der Waals surface area (Å²) >= 11 is 0.